The van der Waals surface area contributed by atoms with Crippen molar-refractivity contribution in [1.82, 2.24) is 0 Å². The topological polar surface area (TPSA) is 29.5 Å². The molecule has 1 saturated carbocycles. The van der Waals surface area contributed by atoms with Crippen molar-refractivity contribution in [2.75, 3.05) is 13.7 Å². The van der Waals surface area contributed by atoms with E-state index >= 15 is 0 Å². The second kappa shape index (κ2) is 5.54. The lowest BCUT2D eigenvalue weighted by Gasteiger charge is -2.32. The van der Waals surface area contributed by atoms with Crippen LogP contribution in [-0.4, -0.2) is 18.8 Å². The summed E-state index contributed by atoms with van der Waals surface area (Å²) in [6.07, 6.45) is 7.30. The van der Waals surface area contributed by atoms with Crippen LogP contribution in [0.15, 0.2) is 18.2 Å². The zero-order valence-corrected chi connectivity index (χ0v) is 11.8. The molecule has 1 fully saturated rings. The number of fused-ring (bicyclic) bond motifs is 2. The number of ether oxygens (including phenoxy) is 1. The Kier molecular flexibility index (Phi) is 3.79. The molecular weight excluding hydrogens is 236 g/mol. The summed E-state index contributed by atoms with van der Waals surface area (Å²) in [6, 6.07) is 6.49. The molecule has 0 aliphatic heterocycles. The summed E-state index contributed by atoms with van der Waals surface area (Å²) < 4.78 is 5.52. The summed E-state index contributed by atoms with van der Waals surface area (Å²) in [6.45, 7) is 0.346. The number of hydrogen-bond donors (Lipinski definition) is 1. The molecule has 0 amide bonds. The Morgan fingerprint density at radius 3 is 2.95 bits per heavy atom. The van der Waals surface area contributed by atoms with Crippen LogP contribution in [0.1, 0.15) is 36.8 Å². The van der Waals surface area contributed by atoms with E-state index in [4.69, 9.17) is 9.84 Å². The fraction of sp³-hybridized carbons (Fsp3) is 0.647. The Labute approximate surface area is 115 Å². The average Bonchev–Trinajstić information content (AvgIpc) is 2.84. The summed E-state index contributed by atoms with van der Waals surface area (Å²) >= 11 is 0. The van der Waals surface area contributed by atoms with Crippen molar-refractivity contribution in [2.24, 2.45) is 17.8 Å². The van der Waals surface area contributed by atoms with E-state index in [0.29, 0.717) is 6.61 Å². The van der Waals surface area contributed by atoms with E-state index < -0.39 is 0 Å². The Balaban J connectivity index is 1.80. The van der Waals surface area contributed by atoms with Gasteiger partial charge in [-0.25, -0.2) is 0 Å². The Bertz CT molecular complexity index is 441. The molecule has 0 saturated heterocycles. The van der Waals surface area contributed by atoms with E-state index in [-0.39, 0.29) is 0 Å². The molecule has 104 valence electrons. The van der Waals surface area contributed by atoms with Gasteiger partial charge in [-0.3, -0.25) is 0 Å². The number of aliphatic hydroxyl groups is 1. The monoisotopic (exact) mass is 260 g/mol. The van der Waals surface area contributed by atoms with Crippen molar-refractivity contribution in [1.29, 1.82) is 0 Å². The molecule has 1 N–H and O–H groups in total. The van der Waals surface area contributed by atoms with Gasteiger partial charge in [-0.15, -0.1) is 0 Å². The second-order valence-electron chi connectivity index (χ2n) is 6.13. The van der Waals surface area contributed by atoms with Crippen molar-refractivity contribution in [3.8, 4) is 5.75 Å². The van der Waals surface area contributed by atoms with Crippen LogP contribution in [-0.2, 0) is 12.8 Å². The normalized spacial score (nSPS) is 28.8. The third kappa shape index (κ3) is 2.38. The molecule has 0 aromatic heterocycles. The van der Waals surface area contributed by atoms with Gasteiger partial charge >= 0.3 is 0 Å². The van der Waals surface area contributed by atoms with Gasteiger partial charge in [-0.05, 0) is 73.5 Å². The predicted octanol–water partition coefficient (Wildman–Crippen LogP) is 3.21. The molecule has 2 aliphatic carbocycles. The number of hydrogen-bond acceptors (Lipinski definition) is 2. The van der Waals surface area contributed by atoms with E-state index in [9.17, 15) is 0 Å². The van der Waals surface area contributed by atoms with Gasteiger partial charge < -0.3 is 9.84 Å². The van der Waals surface area contributed by atoms with Gasteiger partial charge in [0.2, 0.25) is 0 Å². The largest absolute Gasteiger partial charge is 0.496 e. The minimum Gasteiger partial charge on any atom is -0.496 e. The predicted molar refractivity (Wildman–Crippen MR) is 76.4 cm³/mol. The zero-order valence-electron chi connectivity index (χ0n) is 11.8. The van der Waals surface area contributed by atoms with Crippen LogP contribution < -0.4 is 4.74 Å². The third-order valence-corrected chi connectivity index (χ3v) is 5.22. The Morgan fingerprint density at radius 1 is 1.26 bits per heavy atom. The number of benzene rings is 1. The van der Waals surface area contributed by atoms with Crippen LogP contribution in [0.25, 0.3) is 0 Å². The highest BCUT2D eigenvalue weighted by Gasteiger charge is 2.39. The maximum absolute atomic E-state index is 9.03. The molecule has 2 nitrogen and oxygen atoms in total. The van der Waals surface area contributed by atoms with E-state index in [1.54, 1.807) is 7.11 Å². The van der Waals surface area contributed by atoms with Crippen LogP contribution in [0, 0.1) is 17.8 Å². The standard InChI is InChI=1S/C17H24O2/c1-19-17-6-2-4-13-10-15-12(5-3-9-18)7-8-14(15)11-16(13)17/h2,4,6,12,14-15,18H,3,5,7-11H2,1H3. The zero-order chi connectivity index (χ0) is 13.2. The minimum absolute atomic E-state index is 0.346. The first-order valence-corrected chi connectivity index (χ1v) is 7.59. The number of rotatable bonds is 4. The summed E-state index contributed by atoms with van der Waals surface area (Å²) in [5, 5.41) is 9.03. The third-order valence-electron chi connectivity index (χ3n) is 5.22. The van der Waals surface area contributed by atoms with Gasteiger partial charge in [0, 0.05) is 6.61 Å². The second-order valence-corrected chi connectivity index (χ2v) is 6.13. The lowest BCUT2D eigenvalue weighted by atomic mass is 9.74. The Morgan fingerprint density at radius 2 is 2.16 bits per heavy atom. The van der Waals surface area contributed by atoms with E-state index in [1.807, 2.05) is 0 Å². The highest BCUT2D eigenvalue weighted by atomic mass is 16.5. The van der Waals surface area contributed by atoms with Crippen LogP contribution in [0.2, 0.25) is 0 Å². The molecular formula is C17H24O2. The summed E-state index contributed by atoms with van der Waals surface area (Å²) in [7, 11) is 1.78. The number of aliphatic hydroxyl groups excluding tert-OH is 1. The van der Waals surface area contributed by atoms with Crippen molar-refractivity contribution in [3.05, 3.63) is 29.3 Å². The maximum atomic E-state index is 9.03. The van der Waals surface area contributed by atoms with Crippen LogP contribution >= 0.6 is 0 Å². The van der Waals surface area contributed by atoms with Crippen molar-refractivity contribution < 1.29 is 9.84 Å². The fourth-order valence-electron chi connectivity index (χ4n) is 4.28. The van der Waals surface area contributed by atoms with Crippen LogP contribution in [0.3, 0.4) is 0 Å². The maximum Gasteiger partial charge on any atom is 0.122 e. The highest BCUT2D eigenvalue weighted by Crippen LogP contribution is 2.47. The Hall–Kier alpha value is -1.02. The SMILES string of the molecule is COc1cccc2c1CC1CCC(CCCO)C1C2. The molecule has 3 unspecified atom stereocenters. The van der Waals surface area contributed by atoms with Crippen LogP contribution in [0.4, 0.5) is 0 Å². The minimum atomic E-state index is 0.346. The first kappa shape index (κ1) is 13.0. The van der Waals surface area contributed by atoms with E-state index in [2.05, 4.69) is 18.2 Å². The fourth-order valence-corrected chi connectivity index (χ4v) is 4.28. The lowest BCUT2D eigenvalue weighted by molar-refractivity contribution is 0.236. The molecule has 0 radical (unpaired) electrons. The van der Waals surface area contributed by atoms with Crippen LogP contribution in [0.5, 0.6) is 5.75 Å². The molecule has 0 spiro atoms. The molecule has 1 aromatic rings. The van der Waals surface area contributed by atoms with Gasteiger partial charge in [-0.2, -0.15) is 0 Å². The van der Waals surface area contributed by atoms with E-state index in [1.165, 1.54) is 43.2 Å². The van der Waals surface area contributed by atoms with Crippen molar-refractivity contribution in [3.63, 3.8) is 0 Å². The summed E-state index contributed by atoms with van der Waals surface area (Å²) in [5.74, 6) is 3.59. The summed E-state index contributed by atoms with van der Waals surface area (Å²) in [4.78, 5) is 0. The molecule has 0 bridgehead atoms. The summed E-state index contributed by atoms with van der Waals surface area (Å²) in [5.41, 5.74) is 2.95. The first-order valence-electron chi connectivity index (χ1n) is 7.59. The van der Waals surface area contributed by atoms with Gasteiger partial charge in [0.25, 0.3) is 0 Å². The van der Waals surface area contributed by atoms with Gasteiger partial charge in [-0.1, -0.05) is 12.1 Å². The molecule has 3 atom stereocenters. The lowest BCUT2D eigenvalue weighted by Crippen LogP contribution is -2.25. The van der Waals surface area contributed by atoms with Gasteiger partial charge in [0.15, 0.2) is 0 Å². The smallest absolute Gasteiger partial charge is 0.122 e. The highest BCUT2D eigenvalue weighted by molar-refractivity contribution is 5.42. The average molecular weight is 260 g/mol. The van der Waals surface area contributed by atoms with Gasteiger partial charge in [0.05, 0.1) is 7.11 Å². The quantitative estimate of drug-likeness (QED) is 0.900. The molecule has 1 aromatic carbocycles. The molecule has 19 heavy (non-hydrogen) atoms. The van der Waals surface area contributed by atoms with Crippen molar-refractivity contribution in [2.45, 2.75) is 38.5 Å². The van der Waals surface area contributed by atoms with Crippen molar-refractivity contribution >= 4 is 0 Å². The van der Waals surface area contributed by atoms with E-state index in [0.717, 1.165) is 29.9 Å². The molecule has 0 heterocycles. The van der Waals surface area contributed by atoms with Gasteiger partial charge in [0.1, 0.15) is 5.75 Å². The first-order chi connectivity index (χ1) is 9.33. The molecule has 2 heteroatoms. The molecule has 3 rings (SSSR count). The molecule has 2 aliphatic rings. The number of methoxy groups -OCH3 is 1.